The molecule has 0 radical (unpaired) electrons. The Morgan fingerprint density at radius 3 is 2.80 bits per heavy atom. The number of hydrogen-bond acceptors (Lipinski definition) is 3. The van der Waals surface area contributed by atoms with E-state index in [2.05, 4.69) is 13.8 Å². The van der Waals surface area contributed by atoms with Gasteiger partial charge in [-0.25, -0.2) is 4.79 Å². The molecule has 1 aromatic heterocycles. The third-order valence-corrected chi connectivity index (χ3v) is 5.25. The molecule has 4 heteroatoms. The van der Waals surface area contributed by atoms with Crippen molar-refractivity contribution < 1.29 is 14.6 Å². The summed E-state index contributed by atoms with van der Waals surface area (Å²) >= 11 is 1.37. The molecule has 0 bridgehead atoms. The summed E-state index contributed by atoms with van der Waals surface area (Å²) in [5.41, 5.74) is 0. The Morgan fingerprint density at radius 2 is 2.15 bits per heavy atom. The molecule has 3 nitrogen and oxygen atoms in total. The van der Waals surface area contributed by atoms with Crippen LogP contribution in [0.3, 0.4) is 0 Å². The number of thiophene rings is 1. The molecule has 112 valence electrons. The first-order valence-corrected chi connectivity index (χ1v) is 8.50. The van der Waals surface area contributed by atoms with Gasteiger partial charge in [0.15, 0.2) is 4.88 Å². The third kappa shape index (κ3) is 3.54. The number of carbonyl (C=O) groups is 1. The Hall–Kier alpha value is -1.03. The predicted molar refractivity (Wildman–Crippen MR) is 81.9 cm³/mol. The standard InChI is InChI=1S/C16H24O3S/c1-3-7-12-10-14(15(20-12)16(17)18)19-13-9-6-5-8-11(13)4-2/h10-11,13H,3-9H2,1-2H3,(H,17,18). The van der Waals surface area contributed by atoms with Crippen LogP contribution in [0.15, 0.2) is 6.07 Å². The first kappa shape index (κ1) is 15.4. The number of aryl methyl sites for hydroxylation is 1. The van der Waals surface area contributed by atoms with Crippen molar-refractivity contribution in [3.05, 3.63) is 15.8 Å². The lowest BCUT2D eigenvalue weighted by atomic mass is 9.85. The molecule has 0 aliphatic heterocycles. The Kier molecular flexibility index (Phi) is 5.46. The van der Waals surface area contributed by atoms with Gasteiger partial charge in [-0.05, 0) is 44.1 Å². The Labute approximate surface area is 125 Å². The third-order valence-electron chi connectivity index (χ3n) is 4.08. The van der Waals surface area contributed by atoms with Crippen molar-refractivity contribution in [3.8, 4) is 5.75 Å². The van der Waals surface area contributed by atoms with E-state index >= 15 is 0 Å². The summed E-state index contributed by atoms with van der Waals surface area (Å²) in [5, 5.41) is 9.33. The molecule has 1 fully saturated rings. The molecular formula is C16H24O3S. The highest BCUT2D eigenvalue weighted by atomic mass is 32.1. The van der Waals surface area contributed by atoms with Crippen LogP contribution >= 0.6 is 11.3 Å². The first-order valence-electron chi connectivity index (χ1n) is 7.68. The van der Waals surface area contributed by atoms with Gasteiger partial charge in [0.25, 0.3) is 0 Å². The second kappa shape index (κ2) is 7.11. The molecule has 1 aliphatic rings. The van der Waals surface area contributed by atoms with Gasteiger partial charge in [-0.3, -0.25) is 0 Å². The van der Waals surface area contributed by atoms with Gasteiger partial charge in [0.2, 0.25) is 0 Å². The number of ether oxygens (including phenoxy) is 1. The molecule has 2 unspecified atom stereocenters. The van der Waals surface area contributed by atoms with Crippen molar-refractivity contribution in [2.45, 2.75) is 64.9 Å². The Bertz CT molecular complexity index is 453. The van der Waals surface area contributed by atoms with Crippen LogP contribution in [-0.2, 0) is 6.42 Å². The van der Waals surface area contributed by atoms with Crippen LogP contribution in [-0.4, -0.2) is 17.2 Å². The zero-order valence-corrected chi connectivity index (χ0v) is 13.2. The van der Waals surface area contributed by atoms with Crippen LogP contribution in [0.5, 0.6) is 5.75 Å². The fourth-order valence-corrected chi connectivity index (χ4v) is 4.02. The van der Waals surface area contributed by atoms with E-state index in [0.717, 1.165) is 30.6 Å². The second-order valence-corrected chi connectivity index (χ2v) is 6.71. The summed E-state index contributed by atoms with van der Waals surface area (Å²) in [7, 11) is 0. The SMILES string of the molecule is CCCc1cc(OC2CCCCC2CC)c(C(=O)O)s1. The molecular weight excluding hydrogens is 272 g/mol. The molecule has 0 saturated heterocycles. The van der Waals surface area contributed by atoms with Gasteiger partial charge in [-0.2, -0.15) is 0 Å². The number of carboxylic acid groups (broad SMARTS) is 1. The fraction of sp³-hybridized carbons (Fsp3) is 0.688. The van der Waals surface area contributed by atoms with Crippen LogP contribution in [0.25, 0.3) is 0 Å². The molecule has 0 spiro atoms. The van der Waals surface area contributed by atoms with E-state index in [0.29, 0.717) is 16.5 Å². The molecule has 0 aromatic carbocycles. The number of hydrogen-bond donors (Lipinski definition) is 1. The average Bonchev–Trinajstić information content (AvgIpc) is 2.83. The van der Waals surface area contributed by atoms with Gasteiger partial charge in [0, 0.05) is 4.88 Å². The molecule has 1 heterocycles. The highest BCUT2D eigenvalue weighted by Crippen LogP contribution is 2.35. The lowest BCUT2D eigenvalue weighted by Crippen LogP contribution is -2.30. The van der Waals surface area contributed by atoms with Gasteiger partial charge in [0.1, 0.15) is 11.9 Å². The Balaban J connectivity index is 2.16. The highest BCUT2D eigenvalue weighted by Gasteiger charge is 2.27. The molecule has 1 aliphatic carbocycles. The van der Waals surface area contributed by atoms with Gasteiger partial charge in [-0.15, -0.1) is 11.3 Å². The van der Waals surface area contributed by atoms with E-state index in [1.165, 1.54) is 30.6 Å². The largest absolute Gasteiger partial charge is 0.488 e. The quantitative estimate of drug-likeness (QED) is 0.824. The van der Waals surface area contributed by atoms with E-state index in [1.807, 2.05) is 6.07 Å². The maximum atomic E-state index is 11.4. The number of rotatable bonds is 6. The zero-order valence-electron chi connectivity index (χ0n) is 12.4. The van der Waals surface area contributed by atoms with Crippen molar-refractivity contribution in [2.75, 3.05) is 0 Å². The zero-order chi connectivity index (χ0) is 14.5. The first-order chi connectivity index (χ1) is 9.65. The lowest BCUT2D eigenvalue weighted by molar-refractivity contribution is 0.0672. The van der Waals surface area contributed by atoms with E-state index in [4.69, 9.17) is 4.74 Å². The average molecular weight is 296 g/mol. The smallest absolute Gasteiger partial charge is 0.349 e. The minimum Gasteiger partial charge on any atom is -0.488 e. The summed E-state index contributed by atoms with van der Waals surface area (Å²) < 4.78 is 6.11. The van der Waals surface area contributed by atoms with Crippen molar-refractivity contribution in [1.82, 2.24) is 0 Å². The van der Waals surface area contributed by atoms with Gasteiger partial charge < -0.3 is 9.84 Å². The summed E-state index contributed by atoms with van der Waals surface area (Å²) in [6.45, 7) is 4.30. The maximum absolute atomic E-state index is 11.4. The molecule has 1 aromatic rings. The Morgan fingerprint density at radius 1 is 1.40 bits per heavy atom. The summed E-state index contributed by atoms with van der Waals surface area (Å²) in [5.74, 6) is 0.299. The predicted octanol–water partition coefficient (Wildman–Crippen LogP) is 4.75. The number of aromatic carboxylic acids is 1. The molecule has 1 saturated carbocycles. The van der Waals surface area contributed by atoms with Crippen molar-refractivity contribution in [3.63, 3.8) is 0 Å². The fourth-order valence-electron chi connectivity index (χ4n) is 2.99. The molecule has 2 rings (SSSR count). The summed E-state index contributed by atoms with van der Waals surface area (Å²) in [6, 6.07) is 1.94. The highest BCUT2D eigenvalue weighted by molar-refractivity contribution is 7.14. The normalized spacial score (nSPS) is 22.7. The van der Waals surface area contributed by atoms with Crippen molar-refractivity contribution in [1.29, 1.82) is 0 Å². The van der Waals surface area contributed by atoms with Crippen molar-refractivity contribution in [2.24, 2.45) is 5.92 Å². The molecule has 2 atom stereocenters. The van der Waals surface area contributed by atoms with Gasteiger partial charge >= 0.3 is 5.97 Å². The monoisotopic (exact) mass is 296 g/mol. The van der Waals surface area contributed by atoms with Crippen LogP contribution in [0.1, 0.15) is 66.9 Å². The molecule has 0 amide bonds. The summed E-state index contributed by atoms with van der Waals surface area (Å²) in [4.78, 5) is 12.8. The number of carboxylic acids is 1. The molecule has 1 N–H and O–H groups in total. The van der Waals surface area contributed by atoms with Crippen LogP contribution in [0.2, 0.25) is 0 Å². The maximum Gasteiger partial charge on any atom is 0.349 e. The van der Waals surface area contributed by atoms with E-state index in [-0.39, 0.29) is 6.10 Å². The lowest BCUT2D eigenvalue weighted by Gasteiger charge is -2.31. The second-order valence-electron chi connectivity index (χ2n) is 5.57. The summed E-state index contributed by atoms with van der Waals surface area (Å²) in [6.07, 6.45) is 7.97. The topological polar surface area (TPSA) is 46.5 Å². The van der Waals surface area contributed by atoms with Gasteiger partial charge in [0.05, 0.1) is 0 Å². The van der Waals surface area contributed by atoms with Crippen LogP contribution in [0.4, 0.5) is 0 Å². The minimum atomic E-state index is -0.865. The van der Waals surface area contributed by atoms with Gasteiger partial charge in [-0.1, -0.05) is 26.7 Å². The van der Waals surface area contributed by atoms with E-state index in [1.54, 1.807) is 0 Å². The van der Waals surface area contributed by atoms with E-state index < -0.39 is 5.97 Å². The van der Waals surface area contributed by atoms with E-state index in [9.17, 15) is 9.90 Å². The minimum absolute atomic E-state index is 0.191. The van der Waals surface area contributed by atoms with Crippen molar-refractivity contribution >= 4 is 17.3 Å². The van der Waals surface area contributed by atoms with Crippen LogP contribution < -0.4 is 4.74 Å². The molecule has 20 heavy (non-hydrogen) atoms. The van der Waals surface area contributed by atoms with Crippen LogP contribution in [0, 0.1) is 5.92 Å².